The van der Waals surface area contributed by atoms with Crippen molar-refractivity contribution in [3.8, 4) is 0 Å². The second kappa shape index (κ2) is 6.01. The number of hydrogen-bond donors (Lipinski definition) is 2. The predicted molar refractivity (Wildman–Crippen MR) is 72.9 cm³/mol. The fourth-order valence-electron chi connectivity index (χ4n) is 1.74. The van der Waals surface area contributed by atoms with Crippen molar-refractivity contribution in [1.82, 2.24) is 10.3 Å². The molecule has 0 bridgehead atoms. The van der Waals surface area contributed by atoms with Gasteiger partial charge >= 0.3 is 11.8 Å². The molecule has 0 saturated carbocycles. The number of rotatable bonds is 3. The highest BCUT2D eigenvalue weighted by molar-refractivity contribution is 6.39. The van der Waals surface area contributed by atoms with E-state index in [0.717, 1.165) is 17.1 Å². The molecular weight excluding hydrogens is 258 g/mol. The van der Waals surface area contributed by atoms with E-state index in [4.69, 9.17) is 4.42 Å². The van der Waals surface area contributed by atoms with E-state index in [0.29, 0.717) is 5.69 Å². The van der Waals surface area contributed by atoms with Crippen molar-refractivity contribution in [3.63, 3.8) is 0 Å². The van der Waals surface area contributed by atoms with Crippen molar-refractivity contribution in [1.29, 1.82) is 0 Å². The maximum absolute atomic E-state index is 11.7. The third kappa shape index (κ3) is 3.44. The Balaban J connectivity index is 1.89. The van der Waals surface area contributed by atoms with Gasteiger partial charge in [0.1, 0.15) is 11.5 Å². The first-order valence-electron chi connectivity index (χ1n) is 6.11. The lowest BCUT2D eigenvalue weighted by atomic mass is 10.2. The fraction of sp³-hybridized carbons (Fsp3) is 0.214. The minimum atomic E-state index is -0.726. The number of carbonyl (C=O) groups excluding carboxylic acids is 2. The highest BCUT2D eigenvalue weighted by Crippen LogP contribution is 2.13. The molecule has 6 nitrogen and oxygen atoms in total. The molecule has 0 aliphatic heterocycles. The Labute approximate surface area is 116 Å². The summed E-state index contributed by atoms with van der Waals surface area (Å²) in [5, 5.41) is 5.00. The summed E-state index contributed by atoms with van der Waals surface area (Å²) in [5.41, 5.74) is 1.33. The van der Waals surface area contributed by atoms with E-state index >= 15 is 0 Å². The summed E-state index contributed by atoms with van der Waals surface area (Å²) >= 11 is 0. The van der Waals surface area contributed by atoms with E-state index in [9.17, 15) is 9.59 Å². The van der Waals surface area contributed by atoms with E-state index in [2.05, 4.69) is 15.6 Å². The molecule has 2 rings (SSSR count). The van der Waals surface area contributed by atoms with Crippen LogP contribution in [-0.4, -0.2) is 16.8 Å². The van der Waals surface area contributed by atoms with Crippen LogP contribution in [0.2, 0.25) is 0 Å². The van der Waals surface area contributed by atoms with E-state index in [-0.39, 0.29) is 6.54 Å². The second-order valence-electron chi connectivity index (χ2n) is 4.32. The van der Waals surface area contributed by atoms with Crippen molar-refractivity contribution in [2.45, 2.75) is 20.4 Å². The average Bonchev–Trinajstić information content (AvgIpc) is 2.75. The van der Waals surface area contributed by atoms with Gasteiger partial charge in [0.2, 0.25) is 0 Å². The third-order valence-corrected chi connectivity index (χ3v) is 2.71. The van der Waals surface area contributed by atoms with Crippen LogP contribution in [0.1, 0.15) is 17.1 Å². The van der Waals surface area contributed by atoms with Gasteiger partial charge in [0.05, 0.1) is 11.9 Å². The number of furan rings is 1. The SMILES string of the molecule is Cc1cc(CNC(=O)C(=O)Nc2cccnc2)c(C)o1. The summed E-state index contributed by atoms with van der Waals surface area (Å²) in [4.78, 5) is 27.2. The van der Waals surface area contributed by atoms with Crippen molar-refractivity contribution >= 4 is 17.5 Å². The Morgan fingerprint density at radius 3 is 2.70 bits per heavy atom. The van der Waals surface area contributed by atoms with Gasteiger partial charge in [-0.25, -0.2) is 0 Å². The molecule has 0 unspecified atom stereocenters. The molecule has 2 aromatic rings. The number of anilines is 1. The lowest BCUT2D eigenvalue weighted by Crippen LogP contribution is -2.35. The Kier molecular flexibility index (Phi) is 4.14. The van der Waals surface area contributed by atoms with Gasteiger partial charge in [-0.3, -0.25) is 14.6 Å². The van der Waals surface area contributed by atoms with E-state index in [1.165, 1.54) is 6.20 Å². The van der Waals surface area contributed by atoms with Gasteiger partial charge in [0.25, 0.3) is 0 Å². The Bertz CT molecular complexity index is 620. The first kappa shape index (κ1) is 13.8. The lowest BCUT2D eigenvalue weighted by Gasteiger charge is -2.05. The molecule has 104 valence electrons. The Morgan fingerprint density at radius 2 is 2.10 bits per heavy atom. The molecule has 0 fully saturated rings. The highest BCUT2D eigenvalue weighted by Gasteiger charge is 2.14. The normalized spacial score (nSPS) is 10.1. The number of amides is 2. The van der Waals surface area contributed by atoms with Crippen LogP contribution in [0, 0.1) is 13.8 Å². The molecule has 2 heterocycles. The third-order valence-electron chi connectivity index (χ3n) is 2.71. The summed E-state index contributed by atoms with van der Waals surface area (Å²) in [7, 11) is 0. The van der Waals surface area contributed by atoms with Crippen molar-refractivity contribution < 1.29 is 14.0 Å². The molecule has 0 aliphatic carbocycles. The number of carbonyl (C=O) groups is 2. The molecule has 20 heavy (non-hydrogen) atoms. The largest absolute Gasteiger partial charge is 0.466 e. The van der Waals surface area contributed by atoms with Crippen LogP contribution >= 0.6 is 0 Å². The molecule has 0 atom stereocenters. The minimum Gasteiger partial charge on any atom is -0.466 e. The second-order valence-corrected chi connectivity index (χ2v) is 4.32. The molecule has 0 spiro atoms. The van der Waals surface area contributed by atoms with Crippen LogP contribution in [0.15, 0.2) is 35.0 Å². The van der Waals surface area contributed by atoms with E-state index < -0.39 is 11.8 Å². The quantitative estimate of drug-likeness (QED) is 0.831. The van der Waals surface area contributed by atoms with Crippen LogP contribution in [0.3, 0.4) is 0 Å². The number of nitrogens with one attached hydrogen (secondary N) is 2. The summed E-state index contributed by atoms with van der Waals surface area (Å²) < 4.78 is 5.34. The molecule has 6 heteroatoms. The standard InChI is InChI=1S/C14H15N3O3/c1-9-6-11(10(2)20-9)7-16-13(18)14(19)17-12-4-3-5-15-8-12/h3-6,8H,7H2,1-2H3,(H,16,18)(H,17,19). The van der Waals surface area contributed by atoms with Crippen LogP contribution in [-0.2, 0) is 16.1 Å². The van der Waals surface area contributed by atoms with Crippen LogP contribution in [0.5, 0.6) is 0 Å². The zero-order valence-electron chi connectivity index (χ0n) is 11.3. The molecule has 0 saturated heterocycles. The summed E-state index contributed by atoms with van der Waals surface area (Å²) in [6.45, 7) is 3.89. The van der Waals surface area contributed by atoms with Gasteiger partial charge in [0.15, 0.2) is 0 Å². The zero-order chi connectivity index (χ0) is 14.5. The van der Waals surface area contributed by atoms with Crippen LogP contribution in [0.4, 0.5) is 5.69 Å². The first-order valence-corrected chi connectivity index (χ1v) is 6.11. The first-order chi connectivity index (χ1) is 9.56. The monoisotopic (exact) mass is 273 g/mol. The van der Waals surface area contributed by atoms with Gasteiger partial charge in [-0.15, -0.1) is 0 Å². The smallest absolute Gasteiger partial charge is 0.313 e. The number of aromatic nitrogens is 1. The number of nitrogens with zero attached hydrogens (tertiary/aromatic N) is 1. The zero-order valence-corrected chi connectivity index (χ0v) is 11.3. The van der Waals surface area contributed by atoms with Crippen LogP contribution < -0.4 is 10.6 Å². The topological polar surface area (TPSA) is 84.2 Å². The molecule has 0 aliphatic rings. The van der Waals surface area contributed by atoms with Crippen LogP contribution in [0.25, 0.3) is 0 Å². The van der Waals surface area contributed by atoms with E-state index in [1.807, 2.05) is 19.9 Å². The van der Waals surface area contributed by atoms with Crippen molar-refractivity contribution in [2.75, 3.05) is 5.32 Å². The van der Waals surface area contributed by atoms with Gasteiger partial charge in [-0.05, 0) is 32.0 Å². The maximum atomic E-state index is 11.7. The molecule has 0 radical (unpaired) electrons. The molecule has 2 amide bonds. The van der Waals surface area contributed by atoms with Crippen molar-refractivity contribution in [3.05, 3.63) is 47.7 Å². The predicted octanol–water partition coefficient (Wildman–Crippen LogP) is 1.55. The van der Waals surface area contributed by atoms with E-state index in [1.54, 1.807) is 18.3 Å². The highest BCUT2D eigenvalue weighted by atomic mass is 16.3. The molecule has 2 aromatic heterocycles. The Morgan fingerprint density at radius 1 is 1.30 bits per heavy atom. The average molecular weight is 273 g/mol. The summed E-state index contributed by atoms with van der Waals surface area (Å²) in [5.74, 6) is 0.0741. The number of aryl methyl sites for hydroxylation is 2. The van der Waals surface area contributed by atoms with Gasteiger partial charge in [0, 0.05) is 18.3 Å². The van der Waals surface area contributed by atoms with Gasteiger partial charge < -0.3 is 15.1 Å². The van der Waals surface area contributed by atoms with Gasteiger partial charge in [-0.2, -0.15) is 0 Å². The maximum Gasteiger partial charge on any atom is 0.313 e. The van der Waals surface area contributed by atoms with Gasteiger partial charge in [-0.1, -0.05) is 0 Å². The summed E-state index contributed by atoms with van der Waals surface area (Å²) in [6.07, 6.45) is 3.05. The number of hydrogen-bond acceptors (Lipinski definition) is 4. The molecule has 0 aromatic carbocycles. The minimum absolute atomic E-state index is 0.252. The summed E-state index contributed by atoms with van der Waals surface area (Å²) in [6, 6.07) is 5.15. The molecule has 2 N–H and O–H groups in total. The van der Waals surface area contributed by atoms with Crippen molar-refractivity contribution in [2.24, 2.45) is 0 Å². The fourth-order valence-corrected chi connectivity index (χ4v) is 1.74. The lowest BCUT2D eigenvalue weighted by molar-refractivity contribution is -0.136. The Hall–Kier alpha value is -2.63. The number of pyridine rings is 1. The molecular formula is C14H15N3O3.